The van der Waals surface area contributed by atoms with Crippen LogP contribution in [0.25, 0.3) is 0 Å². The average molecular weight is 338 g/mol. The van der Waals surface area contributed by atoms with Crippen LogP contribution in [0.15, 0.2) is 24.3 Å². The van der Waals surface area contributed by atoms with Crippen molar-refractivity contribution in [3.8, 4) is 0 Å². The van der Waals surface area contributed by atoms with E-state index < -0.39 is 0 Å². The van der Waals surface area contributed by atoms with Gasteiger partial charge in [-0.05, 0) is 43.4 Å². The zero-order valence-electron chi connectivity index (χ0n) is 13.8. The third-order valence-electron chi connectivity index (χ3n) is 4.29. The summed E-state index contributed by atoms with van der Waals surface area (Å²) in [6.45, 7) is 5.40. The number of piperidine rings is 1. The van der Waals surface area contributed by atoms with Crippen molar-refractivity contribution in [1.82, 2.24) is 4.90 Å². The third kappa shape index (κ3) is 4.96. The molecule has 2 atom stereocenters. The van der Waals surface area contributed by atoms with Gasteiger partial charge in [0.2, 0.25) is 5.91 Å². The van der Waals surface area contributed by atoms with E-state index >= 15 is 0 Å². The van der Waals surface area contributed by atoms with Crippen LogP contribution in [-0.4, -0.2) is 36.5 Å². The number of nitrogens with zero attached hydrogens (tertiary/aromatic N) is 1. The van der Waals surface area contributed by atoms with Gasteiger partial charge in [-0.15, -0.1) is 0 Å². The van der Waals surface area contributed by atoms with Crippen LogP contribution >= 0.6 is 11.6 Å². The van der Waals surface area contributed by atoms with E-state index in [1.165, 1.54) is 0 Å². The number of benzene rings is 1. The first kappa shape index (κ1) is 17.8. The number of hydrogen-bond donors (Lipinski definition) is 0. The average Bonchev–Trinajstić information content (AvgIpc) is 2.55. The number of hydrogen-bond acceptors (Lipinski definition) is 3. The number of likely N-dealkylation sites (tertiary alicyclic amines) is 1. The lowest BCUT2D eigenvalue weighted by Crippen LogP contribution is -2.43. The molecule has 2 unspecified atom stereocenters. The van der Waals surface area contributed by atoms with E-state index in [4.69, 9.17) is 16.3 Å². The topological polar surface area (TPSA) is 46.6 Å². The van der Waals surface area contributed by atoms with E-state index in [1.807, 2.05) is 31.2 Å². The molecule has 1 heterocycles. The standard InChI is InChI=1S/C18H24ClNO3/c1-3-23-18(22)15-7-5-9-20(12-15)17(21)10-13(2)14-6-4-8-16(19)11-14/h4,6,8,11,13,15H,3,5,7,9-10,12H2,1-2H3. The van der Waals surface area contributed by atoms with Gasteiger partial charge in [0, 0.05) is 24.5 Å². The van der Waals surface area contributed by atoms with Crippen molar-refractivity contribution in [1.29, 1.82) is 0 Å². The third-order valence-corrected chi connectivity index (χ3v) is 4.53. The number of halogens is 1. The molecule has 5 heteroatoms. The molecule has 1 aliphatic heterocycles. The van der Waals surface area contributed by atoms with Gasteiger partial charge in [-0.25, -0.2) is 0 Å². The molecule has 1 amide bonds. The number of carbonyl (C=O) groups is 2. The molecule has 0 bridgehead atoms. The lowest BCUT2D eigenvalue weighted by molar-refractivity contribution is -0.151. The summed E-state index contributed by atoms with van der Waals surface area (Å²) in [5.41, 5.74) is 1.06. The van der Waals surface area contributed by atoms with Crippen LogP contribution in [0.5, 0.6) is 0 Å². The highest BCUT2D eigenvalue weighted by molar-refractivity contribution is 6.30. The molecule has 23 heavy (non-hydrogen) atoms. The van der Waals surface area contributed by atoms with Crippen LogP contribution in [0.2, 0.25) is 5.02 Å². The summed E-state index contributed by atoms with van der Waals surface area (Å²) in [5, 5.41) is 0.683. The van der Waals surface area contributed by atoms with Gasteiger partial charge in [0.25, 0.3) is 0 Å². The highest BCUT2D eigenvalue weighted by Gasteiger charge is 2.29. The Morgan fingerprint density at radius 1 is 1.43 bits per heavy atom. The smallest absolute Gasteiger partial charge is 0.310 e. The largest absolute Gasteiger partial charge is 0.466 e. The maximum atomic E-state index is 12.5. The molecule has 1 saturated heterocycles. The minimum absolute atomic E-state index is 0.0893. The Hall–Kier alpha value is -1.55. The molecule has 1 aromatic carbocycles. The normalized spacial score (nSPS) is 19.3. The second kappa shape index (κ2) is 8.34. The minimum atomic E-state index is -0.187. The molecule has 0 saturated carbocycles. The van der Waals surface area contributed by atoms with Gasteiger partial charge in [0.05, 0.1) is 12.5 Å². The van der Waals surface area contributed by atoms with Crippen LogP contribution in [0.1, 0.15) is 44.6 Å². The summed E-state index contributed by atoms with van der Waals surface area (Å²) in [7, 11) is 0. The summed E-state index contributed by atoms with van der Waals surface area (Å²) in [5.74, 6) is -0.183. The molecular formula is C18H24ClNO3. The maximum absolute atomic E-state index is 12.5. The Bertz CT molecular complexity index is 561. The molecule has 2 rings (SSSR count). The van der Waals surface area contributed by atoms with Crippen molar-refractivity contribution in [2.24, 2.45) is 5.92 Å². The Labute approximate surface area is 142 Å². The van der Waals surface area contributed by atoms with Gasteiger partial charge in [-0.2, -0.15) is 0 Å². The molecule has 1 fully saturated rings. The summed E-state index contributed by atoms with van der Waals surface area (Å²) >= 11 is 6.01. The van der Waals surface area contributed by atoms with Gasteiger partial charge in [0.15, 0.2) is 0 Å². The number of amides is 1. The molecule has 0 N–H and O–H groups in total. The van der Waals surface area contributed by atoms with Crippen molar-refractivity contribution in [2.75, 3.05) is 19.7 Å². The second-order valence-electron chi connectivity index (χ2n) is 6.09. The minimum Gasteiger partial charge on any atom is -0.466 e. The predicted molar refractivity (Wildman–Crippen MR) is 90.4 cm³/mol. The lowest BCUT2D eigenvalue weighted by atomic mass is 9.94. The van der Waals surface area contributed by atoms with Gasteiger partial charge in [-0.3, -0.25) is 9.59 Å². The van der Waals surface area contributed by atoms with Crippen molar-refractivity contribution in [2.45, 2.75) is 39.0 Å². The summed E-state index contributed by atoms with van der Waals surface area (Å²) in [6.07, 6.45) is 2.07. The summed E-state index contributed by atoms with van der Waals surface area (Å²) < 4.78 is 5.08. The lowest BCUT2D eigenvalue weighted by Gasteiger charge is -2.32. The molecule has 4 nitrogen and oxygen atoms in total. The first-order chi connectivity index (χ1) is 11.0. The fourth-order valence-electron chi connectivity index (χ4n) is 2.98. The first-order valence-corrected chi connectivity index (χ1v) is 8.59. The van der Waals surface area contributed by atoms with E-state index in [0.29, 0.717) is 24.6 Å². The van der Waals surface area contributed by atoms with Crippen LogP contribution in [0.3, 0.4) is 0 Å². The van der Waals surface area contributed by atoms with E-state index in [-0.39, 0.29) is 23.7 Å². The first-order valence-electron chi connectivity index (χ1n) is 8.21. The van der Waals surface area contributed by atoms with E-state index in [0.717, 1.165) is 24.9 Å². The Morgan fingerprint density at radius 2 is 2.22 bits per heavy atom. The van der Waals surface area contributed by atoms with Crippen molar-refractivity contribution >= 4 is 23.5 Å². The Kier molecular flexibility index (Phi) is 6.46. The monoisotopic (exact) mass is 337 g/mol. The van der Waals surface area contributed by atoms with Gasteiger partial charge < -0.3 is 9.64 Å². The molecule has 0 aromatic heterocycles. The van der Waals surface area contributed by atoms with Gasteiger partial charge in [0.1, 0.15) is 0 Å². The molecule has 0 aliphatic carbocycles. The molecule has 1 aromatic rings. The summed E-state index contributed by atoms with van der Waals surface area (Å²) in [6, 6.07) is 7.61. The van der Waals surface area contributed by atoms with E-state index in [1.54, 1.807) is 11.8 Å². The number of ether oxygens (including phenoxy) is 1. The van der Waals surface area contributed by atoms with Crippen molar-refractivity contribution in [3.63, 3.8) is 0 Å². The zero-order chi connectivity index (χ0) is 16.8. The molecular weight excluding hydrogens is 314 g/mol. The second-order valence-corrected chi connectivity index (χ2v) is 6.53. The van der Waals surface area contributed by atoms with Crippen LogP contribution in [0, 0.1) is 5.92 Å². The van der Waals surface area contributed by atoms with Gasteiger partial charge >= 0.3 is 5.97 Å². The number of esters is 1. The van der Waals surface area contributed by atoms with Crippen LogP contribution < -0.4 is 0 Å². The van der Waals surface area contributed by atoms with Crippen molar-refractivity contribution < 1.29 is 14.3 Å². The SMILES string of the molecule is CCOC(=O)C1CCCN(C(=O)CC(C)c2cccc(Cl)c2)C1. The van der Waals surface area contributed by atoms with E-state index in [2.05, 4.69) is 0 Å². The fourth-order valence-corrected chi connectivity index (χ4v) is 3.18. The van der Waals surface area contributed by atoms with Crippen molar-refractivity contribution in [3.05, 3.63) is 34.9 Å². The molecule has 1 aliphatic rings. The van der Waals surface area contributed by atoms with Crippen LogP contribution in [0.4, 0.5) is 0 Å². The molecule has 0 spiro atoms. The van der Waals surface area contributed by atoms with E-state index in [9.17, 15) is 9.59 Å². The fraction of sp³-hybridized carbons (Fsp3) is 0.556. The quantitative estimate of drug-likeness (QED) is 0.771. The molecule has 0 radical (unpaired) electrons. The number of carbonyl (C=O) groups excluding carboxylic acids is 2. The van der Waals surface area contributed by atoms with Gasteiger partial charge in [-0.1, -0.05) is 30.7 Å². The zero-order valence-corrected chi connectivity index (χ0v) is 14.5. The molecule has 126 valence electrons. The Morgan fingerprint density at radius 3 is 2.91 bits per heavy atom. The summed E-state index contributed by atoms with van der Waals surface area (Å²) in [4.78, 5) is 26.2. The van der Waals surface area contributed by atoms with Crippen LogP contribution in [-0.2, 0) is 14.3 Å². The maximum Gasteiger partial charge on any atom is 0.310 e. The highest BCUT2D eigenvalue weighted by atomic mass is 35.5. The Balaban J connectivity index is 1.93. The highest BCUT2D eigenvalue weighted by Crippen LogP contribution is 2.25. The predicted octanol–water partition coefficient (Wildman–Crippen LogP) is 3.64. The number of rotatable bonds is 5.